The highest BCUT2D eigenvalue weighted by molar-refractivity contribution is 5.89. The Labute approximate surface area is 120 Å². The number of carboxylic acid groups (broad SMARTS) is 1. The van der Waals surface area contributed by atoms with Crippen LogP contribution < -0.4 is 4.90 Å². The maximum absolute atomic E-state index is 11.1. The molecular weight excluding hydrogens is 258 g/mol. The molecule has 1 atom stereocenters. The van der Waals surface area contributed by atoms with Gasteiger partial charge in [-0.2, -0.15) is 0 Å². The van der Waals surface area contributed by atoms with Crippen LogP contribution in [-0.4, -0.2) is 51.1 Å². The summed E-state index contributed by atoms with van der Waals surface area (Å²) in [5.41, 5.74) is 2.07. The lowest BCUT2D eigenvalue weighted by Crippen LogP contribution is -2.38. The maximum atomic E-state index is 11.1. The molecule has 0 saturated heterocycles. The van der Waals surface area contributed by atoms with Gasteiger partial charge in [-0.15, -0.1) is 0 Å². The van der Waals surface area contributed by atoms with Crippen molar-refractivity contribution < 1.29 is 19.4 Å². The third-order valence-electron chi connectivity index (χ3n) is 3.25. The Bertz CT molecular complexity index is 447. The van der Waals surface area contributed by atoms with Crippen LogP contribution in [0.15, 0.2) is 18.2 Å². The summed E-state index contributed by atoms with van der Waals surface area (Å²) < 4.78 is 10.3. The van der Waals surface area contributed by atoms with E-state index in [1.54, 1.807) is 20.3 Å². The lowest BCUT2D eigenvalue weighted by molar-refractivity contribution is 0.0696. The Hall–Kier alpha value is -1.59. The van der Waals surface area contributed by atoms with E-state index in [1.807, 2.05) is 19.1 Å². The second kappa shape index (κ2) is 7.87. The van der Waals surface area contributed by atoms with Crippen molar-refractivity contribution in [3.05, 3.63) is 29.3 Å². The molecule has 1 rings (SSSR count). The van der Waals surface area contributed by atoms with Gasteiger partial charge in [-0.05, 0) is 37.6 Å². The summed E-state index contributed by atoms with van der Waals surface area (Å²) >= 11 is 0. The summed E-state index contributed by atoms with van der Waals surface area (Å²) in [4.78, 5) is 13.2. The average Bonchev–Trinajstić information content (AvgIpc) is 2.39. The molecule has 20 heavy (non-hydrogen) atoms. The fourth-order valence-electron chi connectivity index (χ4n) is 2.19. The number of aromatic carboxylic acids is 1. The Kier molecular flexibility index (Phi) is 6.48. The van der Waals surface area contributed by atoms with Crippen LogP contribution in [0.4, 0.5) is 5.69 Å². The molecule has 0 bridgehead atoms. The number of benzene rings is 1. The van der Waals surface area contributed by atoms with Gasteiger partial charge in [0.05, 0.1) is 18.8 Å². The number of rotatable bonds is 8. The average molecular weight is 281 g/mol. The Balaban J connectivity index is 3.00. The first-order valence-corrected chi connectivity index (χ1v) is 6.59. The van der Waals surface area contributed by atoms with Crippen LogP contribution in [-0.2, 0) is 9.47 Å². The lowest BCUT2D eigenvalue weighted by atomic mass is 10.1. The third-order valence-corrected chi connectivity index (χ3v) is 3.25. The van der Waals surface area contributed by atoms with Gasteiger partial charge in [0, 0.05) is 32.5 Å². The molecule has 0 amide bonds. The van der Waals surface area contributed by atoms with Gasteiger partial charge in [0.15, 0.2) is 0 Å². The van der Waals surface area contributed by atoms with Crippen LogP contribution in [0.1, 0.15) is 22.8 Å². The predicted molar refractivity (Wildman–Crippen MR) is 78.7 cm³/mol. The summed E-state index contributed by atoms with van der Waals surface area (Å²) in [6.45, 7) is 5.81. The van der Waals surface area contributed by atoms with Crippen molar-refractivity contribution in [2.24, 2.45) is 0 Å². The molecule has 1 aromatic carbocycles. The predicted octanol–water partition coefficient (Wildman–Crippen LogP) is 2.18. The van der Waals surface area contributed by atoms with Crippen LogP contribution in [0, 0.1) is 6.92 Å². The van der Waals surface area contributed by atoms with Crippen molar-refractivity contribution in [2.75, 3.05) is 38.9 Å². The normalized spacial score (nSPS) is 12.2. The number of hydrogen-bond acceptors (Lipinski definition) is 4. The van der Waals surface area contributed by atoms with Gasteiger partial charge in [0.2, 0.25) is 0 Å². The van der Waals surface area contributed by atoms with Crippen LogP contribution in [0.3, 0.4) is 0 Å². The molecule has 112 valence electrons. The van der Waals surface area contributed by atoms with E-state index in [2.05, 4.69) is 11.8 Å². The van der Waals surface area contributed by atoms with Crippen molar-refractivity contribution in [3.8, 4) is 0 Å². The largest absolute Gasteiger partial charge is 0.478 e. The number of carbonyl (C=O) groups is 1. The molecule has 0 saturated carbocycles. The highest BCUT2D eigenvalue weighted by Crippen LogP contribution is 2.21. The van der Waals surface area contributed by atoms with Crippen molar-refractivity contribution in [2.45, 2.75) is 19.9 Å². The highest BCUT2D eigenvalue weighted by atomic mass is 16.5. The van der Waals surface area contributed by atoms with E-state index in [0.29, 0.717) is 18.8 Å². The molecule has 0 radical (unpaired) electrons. The zero-order valence-corrected chi connectivity index (χ0v) is 12.5. The number of aryl methyl sites for hydroxylation is 1. The fraction of sp³-hybridized carbons (Fsp3) is 0.533. The molecule has 1 unspecified atom stereocenters. The van der Waals surface area contributed by atoms with Gasteiger partial charge in [-0.1, -0.05) is 0 Å². The second-order valence-corrected chi connectivity index (χ2v) is 4.79. The standard InChI is InChI=1S/C15H23NO4/c1-11-9-13(5-6-14(11)15(17)18)16(7-8-19-3)12(2)10-20-4/h5-6,9,12H,7-8,10H2,1-4H3,(H,17,18). The van der Waals surface area contributed by atoms with Gasteiger partial charge in [-0.3, -0.25) is 0 Å². The molecule has 5 nitrogen and oxygen atoms in total. The first-order valence-electron chi connectivity index (χ1n) is 6.59. The molecule has 0 fully saturated rings. The van der Waals surface area contributed by atoms with Crippen LogP contribution in [0.5, 0.6) is 0 Å². The Morgan fingerprint density at radius 2 is 2.05 bits per heavy atom. The number of anilines is 1. The summed E-state index contributed by atoms with van der Waals surface area (Å²) in [6.07, 6.45) is 0. The van der Waals surface area contributed by atoms with Crippen LogP contribution in [0.25, 0.3) is 0 Å². The second-order valence-electron chi connectivity index (χ2n) is 4.79. The van der Waals surface area contributed by atoms with Gasteiger partial charge >= 0.3 is 5.97 Å². The summed E-state index contributed by atoms with van der Waals surface area (Å²) in [5.74, 6) is -0.901. The number of carboxylic acids is 1. The number of nitrogens with zero attached hydrogens (tertiary/aromatic N) is 1. The smallest absolute Gasteiger partial charge is 0.335 e. The van der Waals surface area contributed by atoms with E-state index in [4.69, 9.17) is 14.6 Å². The van der Waals surface area contributed by atoms with Crippen molar-refractivity contribution in [3.63, 3.8) is 0 Å². The van der Waals surface area contributed by atoms with E-state index >= 15 is 0 Å². The molecule has 0 aliphatic carbocycles. The minimum atomic E-state index is -0.901. The van der Waals surface area contributed by atoms with Crippen LogP contribution >= 0.6 is 0 Å². The van der Waals surface area contributed by atoms with E-state index < -0.39 is 5.97 Å². The lowest BCUT2D eigenvalue weighted by Gasteiger charge is -2.31. The minimum Gasteiger partial charge on any atom is -0.478 e. The molecule has 0 aliphatic rings. The number of methoxy groups -OCH3 is 2. The summed E-state index contributed by atoms with van der Waals surface area (Å²) in [5, 5.41) is 9.08. The fourth-order valence-corrected chi connectivity index (χ4v) is 2.19. The highest BCUT2D eigenvalue weighted by Gasteiger charge is 2.16. The molecule has 0 aliphatic heterocycles. The maximum Gasteiger partial charge on any atom is 0.335 e. The van der Waals surface area contributed by atoms with Crippen molar-refractivity contribution >= 4 is 11.7 Å². The SMILES string of the molecule is COCCN(c1ccc(C(=O)O)c(C)c1)C(C)COC. The van der Waals surface area contributed by atoms with Crippen LogP contribution in [0.2, 0.25) is 0 Å². The first-order chi connectivity index (χ1) is 9.51. The first kappa shape index (κ1) is 16.5. The molecule has 1 aromatic rings. The number of hydrogen-bond donors (Lipinski definition) is 1. The zero-order valence-electron chi connectivity index (χ0n) is 12.5. The van der Waals surface area contributed by atoms with E-state index in [9.17, 15) is 4.79 Å². The monoisotopic (exact) mass is 281 g/mol. The molecular formula is C15H23NO4. The zero-order chi connectivity index (χ0) is 15.1. The quantitative estimate of drug-likeness (QED) is 0.791. The summed E-state index contributed by atoms with van der Waals surface area (Å²) in [6, 6.07) is 5.56. The Morgan fingerprint density at radius 3 is 2.55 bits per heavy atom. The minimum absolute atomic E-state index is 0.185. The van der Waals surface area contributed by atoms with Crippen molar-refractivity contribution in [1.82, 2.24) is 0 Å². The molecule has 0 aromatic heterocycles. The van der Waals surface area contributed by atoms with Gasteiger partial charge in [0.25, 0.3) is 0 Å². The Morgan fingerprint density at radius 1 is 1.35 bits per heavy atom. The van der Waals surface area contributed by atoms with E-state index in [1.165, 1.54) is 0 Å². The molecule has 5 heteroatoms. The van der Waals surface area contributed by atoms with E-state index in [0.717, 1.165) is 17.8 Å². The van der Waals surface area contributed by atoms with Gasteiger partial charge < -0.3 is 19.5 Å². The summed E-state index contributed by atoms with van der Waals surface area (Å²) in [7, 11) is 3.34. The van der Waals surface area contributed by atoms with E-state index in [-0.39, 0.29) is 6.04 Å². The topological polar surface area (TPSA) is 59.0 Å². The molecule has 0 spiro atoms. The molecule has 1 N–H and O–H groups in total. The molecule has 0 heterocycles. The third kappa shape index (κ3) is 4.21. The van der Waals surface area contributed by atoms with Gasteiger partial charge in [-0.25, -0.2) is 4.79 Å². The van der Waals surface area contributed by atoms with Gasteiger partial charge in [0.1, 0.15) is 0 Å². The number of ether oxygens (including phenoxy) is 2. The van der Waals surface area contributed by atoms with Crippen molar-refractivity contribution in [1.29, 1.82) is 0 Å².